The largest absolute Gasteiger partial charge is 0.256 e. The van der Waals surface area contributed by atoms with Gasteiger partial charge in [0, 0.05) is 23.5 Å². The third-order valence-electron chi connectivity index (χ3n) is 9.04. The van der Waals surface area contributed by atoms with Gasteiger partial charge in [0.05, 0.1) is 11.4 Å². The predicted molar refractivity (Wildman–Crippen MR) is 194 cm³/mol. The van der Waals surface area contributed by atoms with Gasteiger partial charge in [-0.15, -0.1) is 0 Å². The van der Waals surface area contributed by atoms with Crippen molar-refractivity contribution < 1.29 is 0 Å². The van der Waals surface area contributed by atoms with Crippen LogP contribution in [0, 0.1) is 13.8 Å². The molecule has 0 spiro atoms. The van der Waals surface area contributed by atoms with Gasteiger partial charge in [0.1, 0.15) is 0 Å². The number of rotatable bonds is 5. The molecule has 0 aliphatic carbocycles. The third kappa shape index (κ3) is 4.85. The van der Waals surface area contributed by atoms with Crippen LogP contribution in [0.15, 0.2) is 158 Å². The van der Waals surface area contributed by atoms with Crippen molar-refractivity contribution in [1.29, 1.82) is 0 Å². The molecule has 2 nitrogen and oxygen atoms in total. The highest BCUT2D eigenvalue weighted by Crippen LogP contribution is 2.46. The maximum absolute atomic E-state index is 4.61. The van der Waals surface area contributed by atoms with Crippen molar-refractivity contribution in [3.05, 3.63) is 169 Å². The van der Waals surface area contributed by atoms with Gasteiger partial charge in [0.2, 0.25) is 0 Å². The van der Waals surface area contributed by atoms with Crippen LogP contribution >= 0.6 is 0 Å². The Morgan fingerprint density at radius 2 is 0.826 bits per heavy atom. The van der Waals surface area contributed by atoms with Crippen LogP contribution in [0.1, 0.15) is 11.1 Å². The molecular formula is C44H32N2. The second-order valence-electron chi connectivity index (χ2n) is 11.9. The Bertz CT molecular complexity index is 2360. The zero-order valence-corrected chi connectivity index (χ0v) is 25.9. The summed E-state index contributed by atoms with van der Waals surface area (Å²) in [7, 11) is 0. The van der Waals surface area contributed by atoms with Gasteiger partial charge >= 0.3 is 0 Å². The highest BCUT2D eigenvalue weighted by atomic mass is 14.7. The molecule has 2 aromatic heterocycles. The minimum atomic E-state index is 0.984. The first kappa shape index (κ1) is 27.7. The summed E-state index contributed by atoms with van der Waals surface area (Å²) in [6.45, 7) is 4.44. The molecule has 2 heterocycles. The number of pyridine rings is 2. The SMILES string of the molecule is Cc1cc(-c2ccccn2)ccc1-c1c2ccccc2c(-c2ccc(-c3ccccn3)cc2C)c2cc(-c3ccccc3)ccc12. The molecule has 0 fully saturated rings. The zero-order valence-electron chi connectivity index (χ0n) is 25.9. The van der Waals surface area contributed by atoms with E-state index < -0.39 is 0 Å². The van der Waals surface area contributed by atoms with Crippen LogP contribution in [0.5, 0.6) is 0 Å². The molecule has 8 aromatic rings. The molecule has 0 N–H and O–H groups in total. The van der Waals surface area contributed by atoms with Gasteiger partial charge in [0.15, 0.2) is 0 Å². The fourth-order valence-electron chi connectivity index (χ4n) is 6.84. The number of hydrogen-bond acceptors (Lipinski definition) is 2. The van der Waals surface area contributed by atoms with Gasteiger partial charge in [-0.3, -0.25) is 9.97 Å². The average molecular weight is 589 g/mol. The third-order valence-corrected chi connectivity index (χ3v) is 9.04. The van der Waals surface area contributed by atoms with E-state index in [4.69, 9.17) is 0 Å². The van der Waals surface area contributed by atoms with E-state index in [1.54, 1.807) is 0 Å². The first-order valence-electron chi connectivity index (χ1n) is 15.7. The van der Waals surface area contributed by atoms with Crippen LogP contribution in [-0.2, 0) is 0 Å². The molecule has 0 bridgehead atoms. The topological polar surface area (TPSA) is 25.8 Å². The molecule has 46 heavy (non-hydrogen) atoms. The molecular weight excluding hydrogens is 556 g/mol. The lowest BCUT2D eigenvalue weighted by atomic mass is 9.82. The molecule has 0 amide bonds. The highest BCUT2D eigenvalue weighted by molar-refractivity contribution is 6.22. The Labute approximate surface area is 269 Å². The molecule has 0 unspecified atom stereocenters. The number of aryl methyl sites for hydroxylation is 2. The fourth-order valence-corrected chi connectivity index (χ4v) is 6.84. The minimum absolute atomic E-state index is 0.984. The summed E-state index contributed by atoms with van der Waals surface area (Å²) in [5.74, 6) is 0. The molecule has 0 saturated carbocycles. The van der Waals surface area contributed by atoms with Gasteiger partial charge in [-0.1, -0.05) is 103 Å². The van der Waals surface area contributed by atoms with E-state index in [2.05, 4.69) is 145 Å². The van der Waals surface area contributed by atoms with E-state index in [1.807, 2.05) is 36.7 Å². The van der Waals surface area contributed by atoms with Crippen LogP contribution in [0.3, 0.4) is 0 Å². The monoisotopic (exact) mass is 588 g/mol. The zero-order chi connectivity index (χ0) is 31.0. The lowest BCUT2D eigenvalue weighted by Crippen LogP contribution is -1.95. The number of nitrogens with zero attached hydrogens (tertiary/aromatic N) is 2. The fraction of sp³-hybridized carbons (Fsp3) is 0.0455. The quantitative estimate of drug-likeness (QED) is 0.187. The maximum atomic E-state index is 4.61. The summed E-state index contributed by atoms with van der Waals surface area (Å²) in [6.07, 6.45) is 3.71. The smallest absolute Gasteiger partial charge is 0.0702 e. The van der Waals surface area contributed by atoms with Crippen LogP contribution in [0.4, 0.5) is 0 Å². The number of fused-ring (bicyclic) bond motifs is 2. The predicted octanol–water partition coefficient (Wildman–Crippen LogP) is 11.7. The lowest BCUT2D eigenvalue weighted by molar-refractivity contribution is 1.32. The summed E-state index contributed by atoms with van der Waals surface area (Å²) in [4.78, 5) is 9.22. The highest BCUT2D eigenvalue weighted by Gasteiger charge is 2.20. The van der Waals surface area contributed by atoms with Crippen molar-refractivity contribution in [2.45, 2.75) is 13.8 Å². The van der Waals surface area contributed by atoms with E-state index in [-0.39, 0.29) is 0 Å². The standard InChI is InChI=1S/C44H32N2/c1-29-26-33(41-16-8-10-24-45-41)19-21-35(29)43-37-14-6-7-15-38(37)44(36-22-20-34(27-30(36)2)42-17-9-11-25-46-42)40-28-32(18-23-39(40)43)31-12-4-3-5-13-31/h3-28H,1-2H3. The summed E-state index contributed by atoms with van der Waals surface area (Å²) in [5, 5.41) is 4.99. The van der Waals surface area contributed by atoms with Crippen LogP contribution in [-0.4, -0.2) is 9.97 Å². The summed E-state index contributed by atoms with van der Waals surface area (Å²) >= 11 is 0. The van der Waals surface area contributed by atoms with Crippen LogP contribution in [0.25, 0.3) is 77.4 Å². The molecule has 8 rings (SSSR count). The minimum Gasteiger partial charge on any atom is -0.256 e. The van der Waals surface area contributed by atoms with E-state index >= 15 is 0 Å². The van der Waals surface area contributed by atoms with Gasteiger partial charge in [0.25, 0.3) is 0 Å². The van der Waals surface area contributed by atoms with E-state index in [0.717, 1.165) is 22.5 Å². The molecule has 2 heteroatoms. The van der Waals surface area contributed by atoms with Gasteiger partial charge in [-0.2, -0.15) is 0 Å². The maximum Gasteiger partial charge on any atom is 0.0702 e. The summed E-state index contributed by atoms with van der Waals surface area (Å²) in [6, 6.07) is 52.2. The Kier molecular flexibility index (Phi) is 6.96. The molecule has 0 radical (unpaired) electrons. The first-order chi connectivity index (χ1) is 22.7. The molecule has 6 aromatic carbocycles. The Morgan fingerprint density at radius 1 is 0.348 bits per heavy atom. The number of benzene rings is 6. The van der Waals surface area contributed by atoms with Crippen molar-refractivity contribution in [1.82, 2.24) is 9.97 Å². The molecule has 0 atom stereocenters. The van der Waals surface area contributed by atoms with Crippen molar-refractivity contribution in [3.63, 3.8) is 0 Å². The van der Waals surface area contributed by atoms with Crippen LogP contribution < -0.4 is 0 Å². The molecule has 0 aliphatic heterocycles. The summed E-state index contributed by atoms with van der Waals surface area (Å²) < 4.78 is 0. The van der Waals surface area contributed by atoms with Gasteiger partial charge in [-0.05, 0) is 122 Å². The van der Waals surface area contributed by atoms with E-state index in [1.165, 1.54) is 66.1 Å². The lowest BCUT2D eigenvalue weighted by Gasteiger charge is -2.21. The second-order valence-corrected chi connectivity index (χ2v) is 11.9. The van der Waals surface area contributed by atoms with Gasteiger partial charge in [-0.25, -0.2) is 0 Å². The van der Waals surface area contributed by atoms with Crippen molar-refractivity contribution in [2.24, 2.45) is 0 Å². The van der Waals surface area contributed by atoms with Crippen molar-refractivity contribution in [2.75, 3.05) is 0 Å². The molecule has 0 saturated heterocycles. The Hall–Kier alpha value is -5.86. The normalized spacial score (nSPS) is 11.3. The second kappa shape index (κ2) is 11.6. The molecule has 0 aliphatic rings. The average Bonchev–Trinajstić information content (AvgIpc) is 3.12. The first-order valence-corrected chi connectivity index (χ1v) is 15.7. The summed E-state index contributed by atoms with van der Waals surface area (Å²) in [5.41, 5.74) is 14.1. The van der Waals surface area contributed by atoms with E-state index in [0.29, 0.717) is 0 Å². The van der Waals surface area contributed by atoms with Gasteiger partial charge < -0.3 is 0 Å². The van der Waals surface area contributed by atoms with Crippen molar-refractivity contribution >= 4 is 21.5 Å². The molecule has 218 valence electrons. The number of aromatic nitrogens is 2. The Morgan fingerprint density at radius 3 is 1.35 bits per heavy atom. The Balaban J connectivity index is 1.42. The number of hydrogen-bond donors (Lipinski definition) is 0. The van der Waals surface area contributed by atoms with Crippen LogP contribution in [0.2, 0.25) is 0 Å². The van der Waals surface area contributed by atoms with Crippen molar-refractivity contribution in [3.8, 4) is 55.9 Å². The van der Waals surface area contributed by atoms with E-state index in [9.17, 15) is 0 Å².